The summed E-state index contributed by atoms with van der Waals surface area (Å²) in [6.45, 7) is 0. The van der Waals surface area contributed by atoms with Gasteiger partial charge in [0.15, 0.2) is 11.5 Å². The van der Waals surface area contributed by atoms with Crippen LogP contribution >= 0.6 is 11.6 Å². The fraction of sp³-hybridized carbons (Fsp3) is 0.105. The summed E-state index contributed by atoms with van der Waals surface area (Å²) in [6.07, 6.45) is 0. The molecule has 2 N–H and O–H groups in total. The van der Waals surface area contributed by atoms with Crippen LogP contribution in [-0.4, -0.2) is 30.2 Å². The number of benzene rings is 2. The summed E-state index contributed by atoms with van der Waals surface area (Å²) in [5.41, 5.74) is 2.87. The van der Waals surface area contributed by atoms with Crippen LogP contribution in [-0.2, 0) is 0 Å². The van der Waals surface area contributed by atoms with E-state index in [1.165, 1.54) is 0 Å². The largest absolute Gasteiger partial charge is 0.378 e. The van der Waals surface area contributed by atoms with Crippen LogP contribution in [0.25, 0.3) is 0 Å². The van der Waals surface area contributed by atoms with E-state index in [1.807, 2.05) is 43.3 Å². The second-order valence-electron chi connectivity index (χ2n) is 5.83. The molecule has 0 unspecified atom stereocenters. The first kappa shape index (κ1) is 17.7. The van der Waals surface area contributed by atoms with Crippen molar-refractivity contribution in [2.45, 2.75) is 0 Å². The second-order valence-corrected chi connectivity index (χ2v) is 6.27. The van der Waals surface area contributed by atoms with Crippen molar-refractivity contribution < 1.29 is 4.79 Å². The normalized spacial score (nSPS) is 10.3. The van der Waals surface area contributed by atoms with Gasteiger partial charge in [0.1, 0.15) is 0 Å². The lowest BCUT2D eigenvalue weighted by Gasteiger charge is -2.13. The molecule has 1 aromatic heterocycles. The molecule has 0 aliphatic heterocycles. The monoisotopic (exact) mass is 367 g/mol. The first-order valence-electron chi connectivity index (χ1n) is 7.96. The van der Waals surface area contributed by atoms with Gasteiger partial charge in [-0.3, -0.25) is 4.79 Å². The lowest BCUT2D eigenvalue weighted by molar-refractivity contribution is 0.102. The van der Waals surface area contributed by atoms with Gasteiger partial charge in [-0.25, -0.2) is 0 Å². The molecule has 0 saturated carbocycles. The molecule has 0 atom stereocenters. The third kappa shape index (κ3) is 4.49. The summed E-state index contributed by atoms with van der Waals surface area (Å²) < 4.78 is 0. The number of carbonyl (C=O) groups excluding carboxylic acids is 1. The Kier molecular flexibility index (Phi) is 5.34. The summed E-state index contributed by atoms with van der Waals surface area (Å²) >= 11 is 5.83. The first-order valence-corrected chi connectivity index (χ1v) is 8.34. The van der Waals surface area contributed by atoms with E-state index in [4.69, 9.17) is 11.6 Å². The van der Waals surface area contributed by atoms with Crippen molar-refractivity contribution in [1.29, 1.82) is 0 Å². The molecular formula is C19H18ClN5O. The molecule has 0 saturated heterocycles. The Hall–Kier alpha value is -3.12. The predicted molar refractivity (Wildman–Crippen MR) is 105 cm³/mol. The van der Waals surface area contributed by atoms with Crippen molar-refractivity contribution in [3.05, 3.63) is 71.4 Å². The van der Waals surface area contributed by atoms with E-state index in [0.29, 0.717) is 16.5 Å². The Morgan fingerprint density at radius 2 is 1.54 bits per heavy atom. The van der Waals surface area contributed by atoms with Gasteiger partial charge < -0.3 is 15.5 Å². The number of carbonyl (C=O) groups is 1. The van der Waals surface area contributed by atoms with Gasteiger partial charge in [0, 0.05) is 36.2 Å². The van der Waals surface area contributed by atoms with E-state index in [9.17, 15) is 4.79 Å². The molecule has 0 aliphatic carbocycles. The van der Waals surface area contributed by atoms with Crippen LogP contribution in [0.2, 0.25) is 5.02 Å². The van der Waals surface area contributed by atoms with Crippen LogP contribution in [0.15, 0.2) is 60.7 Å². The van der Waals surface area contributed by atoms with E-state index in [-0.39, 0.29) is 11.6 Å². The summed E-state index contributed by atoms with van der Waals surface area (Å²) in [5, 5.41) is 14.5. The topological polar surface area (TPSA) is 70.2 Å². The van der Waals surface area contributed by atoms with E-state index >= 15 is 0 Å². The van der Waals surface area contributed by atoms with Gasteiger partial charge in [-0.1, -0.05) is 11.6 Å². The van der Waals surface area contributed by atoms with Crippen molar-refractivity contribution in [3.63, 3.8) is 0 Å². The third-order valence-electron chi connectivity index (χ3n) is 3.66. The minimum atomic E-state index is -0.332. The van der Waals surface area contributed by atoms with Crippen molar-refractivity contribution >= 4 is 40.4 Å². The number of hydrogen-bond donors (Lipinski definition) is 2. The zero-order valence-electron chi connectivity index (χ0n) is 14.4. The maximum absolute atomic E-state index is 12.2. The van der Waals surface area contributed by atoms with Crippen LogP contribution < -0.4 is 15.5 Å². The van der Waals surface area contributed by atoms with Gasteiger partial charge in [-0.2, -0.15) is 0 Å². The second kappa shape index (κ2) is 7.84. The van der Waals surface area contributed by atoms with Crippen LogP contribution in [0.1, 0.15) is 10.5 Å². The quantitative estimate of drug-likeness (QED) is 0.707. The summed E-state index contributed by atoms with van der Waals surface area (Å²) in [6, 6.07) is 18.1. The van der Waals surface area contributed by atoms with Crippen molar-refractivity contribution in [1.82, 2.24) is 10.2 Å². The molecule has 3 rings (SSSR count). The molecule has 7 heteroatoms. The molecule has 0 radical (unpaired) electrons. The smallest absolute Gasteiger partial charge is 0.276 e. The maximum atomic E-state index is 12.2. The number of amides is 1. The van der Waals surface area contributed by atoms with E-state index < -0.39 is 0 Å². The number of rotatable bonds is 5. The van der Waals surface area contributed by atoms with Gasteiger partial charge in [-0.15, -0.1) is 10.2 Å². The highest BCUT2D eigenvalue weighted by atomic mass is 35.5. The molecule has 2 aromatic carbocycles. The molecule has 0 bridgehead atoms. The number of nitrogens with zero attached hydrogens (tertiary/aromatic N) is 3. The van der Waals surface area contributed by atoms with Crippen molar-refractivity contribution in [2.75, 3.05) is 29.6 Å². The lowest BCUT2D eigenvalue weighted by atomic mass is 10.2. The predicted octanol–water partition coefficient (Wildman–Crippen LogP) is 4.19. The van der Waals surface area contributed by atoms with E-state index in [2.05, 4.69) is 20.8 Å². The minimum Gasteiger partial charge on any atom is -0.378 e. The number of hydrogen-bond acceptors (Lipinski definition) is 5. The zero-order chi connectivity index (χ0) is 18.5. The standard InChI is InChI=1S/C19H18ClN5O/c1-25(2)16-9-7-14(8-10-16)21-18-12-11-17(23-24-18)19(26)22-15-5-3-13(20)4-6-15/h3-12H,1-2H3,(H,21,24)(H,22,26). The number of anilines is 4. The molecule has 0 aliphatic rings. The number of aromatic nitrogens is 2. The van der Waals surface area contributed by atoms with Gasteiger partial charge in [0.05, 0.1) is 0 Å². The molecule has 0 fully saturated rings. The Balaban J connectivity index is 1.64. The Morgan fingerprint density at radius 1 is 0.885 bits per heavy atom. The molecule has 132 valence electrons. The molecule has 1 amide bonds. The Bertz CT molecular complexity index is 877. The average molecular weight is 368 g/mol. The third-order valence-corrected chi connectivity index (χ3v) is 3.91. The molecule has 26 heavy (non-hydrogen) atoms. The highest BCUT2D eigenvalue weighted by molar-refractivity contribution is 6.30. The molecule has 6 nitrogen and oxygen atoms in total. The summed E-state index contributed by atoms with van der Waals surface area (Å²) in [4.78, 5) is 14.2. The van der Waals surface area contributed by atoms with Crippen molar-refractivity contribution in [3.8, 4) is 0 Å². The molecule has 1 heterocycles. The van der Waals surface area contributed by atoms with Crippen LogP contribution in [0, 0.1) is 0 Å². The maximum Gasteiger partial charge on any atom is 0.276 e. The van der Waals surface area contributed by atoms with Gasteiger partial charge in [0.25, 0.3) is 5.91 Å². The zero-order valence-corrected chi connectivity index (χ0v) is 15.2. The highest BCUT2D eigenvalue weighted by Gasteiger charge is 2.09. The fourth-order valence-corrected chi connectivity index (χ4v) is 2.37. The van der Waals surface area contributed by atoms with Gasteiger partial charge in [0.2, 0.25) is 0 Å². The Labute approximate surface area is 156 Å². The number of halogens is 1. The first-order chi connectivity index (χ1) is 12.5. The Morgan fingerprint density at radius 3 is 2.12 bits per heavy atom. The summed E-state index contributed by atoms with van der Waals surface area (Å²) in [7, 11) is 3.98. The van der Waals surface area contributed by atoms with Crippen LogP contribution in [0.5, 0.6) is 0 Å². The average Bonchev–Trinajstić information content (AvgIpc) is 2.64. The molecular weight excluding hydrogens is 350 g/mol. The van der Waals surface area contributed by atoms with Gasteiger partial charge in [-0.05, 0) is 60.7 Å². The van der Waals surface area contributed by atoms with Crippen molar-refractivity contribution in [2.24, 2.45) is 0 Å². The molecule has 3 aromatic rings. The highest BCUT2D eigenvalue weighted by Crippen LogP contribution is 2.19. The SMILES string of the molecule is CN(C)c1ccc(Nc2ccc(C(=O)Nc3ccc(Cl)cc3)nn2)cc1. The fourth-order valence-electron chi connectivity index (χ4n) is 2.24. The molecule has 0 spiro atoms. The number of nitrogens with one attached hydrogen (secondary N) is 2. The van der Waals surface area contributed by atoms with Gasteiger partial charge >= 0.3 is 0 Å². The van der Waals surface area contributed by atoms with Crippen LogP contribution in [0.3, 0.4) is 0 Å². The lowest BCUT2D eigenvalue weighted by Crippen LogP contribution is -2.14. The minimum absolute atomic E-state index is 0.230. The van der Waals surface area contributed by atoms with E-state index in [0.717, 1.165) is 11.4 Å². The summed E-state index contributed by atoms with van der Waals surface area (Å²) in [5.74, 6) is 0.229. The van der Waals surface area contributed by atoms with E-state index in [1.54, 1.807) is 36.4 Å². The van der Waals surface area contributed by atoms with Crippen LogP contribution in [0.4, 0.5) is 22.9 Å².